The molecule has 0 radical (unpaired) electrons. The maximum Gasteiger partial charge on any atom is 0.330 e. The zero-order chi connectivity index (χ0) is 51.2. The summed E-state index contributed by atoms with van der Waals surface area (Å²) in [6.45, 7) is 20.1. The molecule has 69 heavy (non-hydrogen) atoms. The lowest BCUT2D eigenvalue weighted by molar-refractivity contribution is -0.144. The molecular formula is C52H83BrN2O12P2. The molecule has 4 rings (SSSR count). The first-order valence-electron chi connectivity index (χ1n) is 25.1. The summed E-state index contributed by atoms with van der Waals surface area (Å²) in [7, 11) is -6.36. The van der Waals surface area contributed by atoms with Crippen molar-refractivity contribution in [3.05, 3.63) is 59.7 Å². The average Bonchev–Trinajstić information content (AvgIpc) is 3.73. The van der Waals surface area contributed by atoms with Crippen LogP contribution >= 0.6 is 31.1 Å². The molecule has 0 spiro atoms. The van der Waals surface area contributed by atoms with Gasteiger partial charge in [-0.05, 0) is 123 Å². The van der Waals surface area contributed by atoms with E-state index in [1.54, 1.807) is 13.8 Å². The van der Waals surface area contributed by atoms with Crippen molar-refractivity contribution in [3.8, 4) is 0 Å². The van der Waals surface area contributed by atoms with Gasteiger partial charge in [-0.25, -0.2) is 0 Å². The number of halogens is 1. The minimum absolute atomic E-state index is 0.0675. The van der Waals surface area contributed by atoms with E-state index >= 15 is 0 Å². The molecule has 2 heterocycles. The Balaban J connectivity index is 0.000000424. The fraction of sp³-hybridized carbons (Fsp3) is 0.673. The second kappa shape index (κ2) is 33.6. The van der Waals surface area contributed by atoms with Crippen LogP contribution in [0, 0.1) is 0 Å². The lowest BCUT2D eigenvalue weighted by Gasteiger charge is -2.28. The zero-order valence-electron chi connectivity index (χ0n) is 43.2. The number of hydrogen-bond donors (Lipinski definition) is 0. The smallest absolute Gasteiger partial charge is 0.330 e. The highest BCUT2D eigenvalue weighted by Crippen LogP contribution is 2.54. The predicted octanol–water partition coefficient (Wildman–Crippen LogP) is 14.1. The highest BCUT2D eigenvalue weighted by molar-refractivity contribution is 9.09. The van der Waals surface area contributed by atoms with Crippen molar-refractivity contribution in [3.63, 3.8) is 0 Å². The standard InChI is InChI=1S/C28H44NO7P.C16H24NO3P.C8H15BrO2/c1-5-33-26(30)17-9-7-13-20-35-37(32,36-21-14-8-10-18-27(31)34-6-2)22-19-28(4)23(3)29-25-16-12-11-15-24(25)28;1-5-19-21(18,20-6-2)12-11-16(4)13(3)17-15-10-8-7-9-14(15)16;1-2-11-8(10)6-4-3-5-7-9/h11-12,15-16H,5-10,13-14,17-22H2,1-4H3;7-10H,5-6,11-12H2,1-4H3;2-7H2,1H3. The van der Waals surface area contributed by atoms with Gasteiger partial charge >= 0.3 is 33.1 Å². The molecule has 390 valence electrons. The molecule has 0 aliphatic carbocycles. The molecule has 0 saturated heterocycles. The number of alkyl halides is 1. The van der Waals surface area contributed by atoms with E-state index in [1.165, 1.54) is 5.56 Å². The summed E-state index contributed by atoms with van der Waals surface area (Å²) in [4.78, 5) is 43.1. The molecule has 2 aromatic carbocycles. The summed E-state index contributed by atoms with van der Waals surface area (Å²) in [5, 5.41) is 1.02. The van der Waals surface area contributed by atoms with Crippen molar-refractivity contribution in [1.29, 1.82) is 0 Å². The van der Waals surface area contributed by atoms with Crippen LogP contribution in [0.25, 0.3) is 0 Å². The van der Waals surface area contributed by atoms with Crippen molar-refractivity contribution in [1.82, 2.24) is 0 Å². The van der Waals surface area contributed by atoms with Crippen LogP contribution in [-0.2, 0) is 66.6 Å². The van der Waals surface area contributed by atoms with Gasteiger partial charge in [0.15, 0.2) is 0 Å². The molecule has 2 aromatic rings. The summed E-state index contributed by atoms with van der Waals surface area (Å²) >= 11 is 3.33. The van der Waals surface area contributed by atoms with Crippen molar-refractivity contribution in [2.45, 2.75) is 163 Å². The molecule has 0 N–H and O–H groups in total. The van der Waals surface area contributed by atoms with Gasteiger partial charge in [-0.1, -0.05) is 85.4 Å². The second-order valence-electron chi connectivity index (χ2n) is 17.3. The largest absolute Gasteiger partial charge is 0.466 e. The fourth-order valence-electron chi connectivity index (χ4n) is 7.90. The molecule has 2 atom stereocenters. The molecule has 0 aromatic heterocycles. The van der Waals surface area contributed by atoms with Crippen LogP contribution in [0.1, 0.15) is 163 Å². The summed E-state index contributed by atoms with van der Waals surface area (Å²) in [6.07, 6.45) is 10.9. The van der Waals surface area contributed by atoms with Gasteiger partial charge in [0.25, 0.3) is 0 Å². The maximum atomic E-state index is 13.8. The first-order chi connectivity index (χ1) is 33.0. The van der Waals surface area contributed by atoms with Crippen LogP contribution in [0.3, 0.4) is 0 Å². The van der Waals surface area contributed by atoms with Crippen LogP contribution in [0.5, 0.6) is 0 Å². The van der Waals surface area contributed by atoms with Gasteiger partial charge in [0.05, 0.1) is 69.9 Å². The zero-order valence-corrected chi connectivity index (χ0v) is 46.5. The molecule has 0 amide bonds. The van der Waals surface area contributed by atoms with Crippen LogP contribution < -0.4 is 0 Å². The highest BCUT2D eigenvalue weighted by Gasteiger charge is 2.40. The van der Waals surface area contributed by atoms with Crippen LogP contribution in [-0.4, -0.2) is 93.2 Å². The lowest BCUT2D eigenvalue weighted by atomic mass is 9.78. The summed E-state index contributed by atoms with van der Waals surface area (Å²) < 4.78 is 63.6. The Morgan fingerprint density at radius 2 is 0.855 bits per heavy atom. The Labute approximate surface area is 422 Å². The third-order valence-electron chi connectivity index (χ3n) is 12.2. The first kappa shape index (κ1) is 62.1. The molecule has 0 bridgehead atoms. The summed E-state index contributed by atoms with van der Waals surface area (Å²) in [6, 6.07) is 16.2. The monoisotopic (exact) mass is 1070 g/mol. The van der Waals surface area contributed by atoms with Gasteiger partial charge in [-0.2, -0.15) is 0 Å². The highest BCUT2D eigenvalue weighted by atomic mass is 79.9. The summed E-state index contributed by atoms with van der Waals surface area (Å²) in [5.41, 5.74) is 5.85. The third kappa shape index (κ3) is 22.1. The molecule has 14 nitrogen and oxygen atoms in total. The SMILES string of the molecule is CCOC(=O)CCCCCBr.CCOC(=O)CCCCCOP(=O)(CCC1(C)C(C)=Nc2ccccc21)OCCCCCC(=O)OCC.CCOP(=O)(CCC1(C)C(C)=Nc2ccccc21)OCC. The number of nitrogens with zero attached hydrogens (tertiary/aromatic N) is 2. The minimum Gasteiger partial charge on any atom is -0.466 e. The van der Waals surface area contributed by atoms with E-state index in [0.717, 1.165) is 65.8 Å². The molecule has 2 aliphatic heterocycles. The number of carbonyl (C=O) groups excluding carboxylic acids is 3. The van der Waals surface area contributed by atoms with Crippen LogP contribution in [0.2, 0.25) is 0 Å². The number of esters is 3. The molecule has 2 aliphatic rings. The topological polar surface area (TPSA) is 175 Å². The first-order valence-corrected chi connectivity index (χ1v) is 29.7. The number of ether oxygens (including phenoxy) is 3. The molecule has 2 unspecified atom stereocenters. The maximum absolute atomic E-state index is 13.8. The Bertz CT molecular complexity index is 1970. The van der Waals surface area contributed by atoms with E-state index < -0.39 is 15.2 Å². The van der Waals surface area contributed by atoms with E-state index in [-0.39, 0.29) is 34.9 Å². The quantitative estimate of drug-likeness (QED) is 0.0223. The number of fused-ring (bicyclic) bond motifs is 2. The fourth-order valence-corrected chi connectivity index (χ4v) is 12.0. The van der Waals surface area contributed by atoms with E-state index in [9.17, 15) is 23.5 Å². The van der Waals surface area contributed by atoms with Gasteiger partial charge in [0.2, 0.25) is 0 Å². The predicted molar refractivity (Wildman–Crippen MR) is 282 cm³/mol. The van der Waals surface area contributed by atoms with Gasteiger partial charge in [-0.3, -0.25) is 33.5 Å². The van der Waals surface area contributed by atoms with E-state index in [4.69, 9.17) is 37.3 Å². The van der Waals surface area contributed by atoms with Crippen molar-refractivity contribution >= 4 is 71.8 Å². The Morgan fingerprint density at radius 1 is 0.507 bits per heavy atom. The average molecular weight is 1070 g/mol. The van der Waals surface area contributed by atoms with Gasteiger partial charge in [0, 0.05) is 46.8 Å². The van der Waals surface area contributed by atoms with Crippen LogP contribution in [0.4, 0.5) is 11.4 Å². The van der Waals surface area contributed by atoms with Gasteiger partial charge in [-0.15, -0.1) is 0 Å². The molecule has 0 fully saturated rings. The number of rotatable bonds is 32. The lowest BCUT2D eigenvalue weighted by Crippen LogP contribution is -2.29. The van der Waals surface area contributed by atoms with Gasteiger partial charge < -0.3 is 32.3 Å². The molecule has 0 saturated carbocycles. The Hall–Kier alpha value is -3.03. The van der Waals surface area contributed by atoms with Crippen molar-refractivity contribution in [2.75, 3.05) is 63.9 Å². The van der Waals surface area contributed by atoms with E-state index in [1.807, 2.05) is 71.0 Å². The van der Waals surface area contributed by atoms with Crippen molar-refractivity contribution in [2.24, 2.45) is 9.98 Å². The number of aliphatic imine (C=N–C) groups is 2. The number of carbonyl (C=O) groups is 3. The van der Waals surface area contributed by atoms with E-state index in [2.05, 4.69) is 46.9 Å². The van der Waals surface area contributed by atoms with Crippen molar-refractivity contribution < 1.29 is 55.8 Å². The molecule has 17 heteroatoms. The van der Waals surface area contributed by atoms with Crippen LogP contribution in [0.15, 0.2) is 58.5 Å². The van der Waals surface area contributed by atoms with Gasteiger partial charge in [0.1, 0.15) is 0 Å². The Morgan fingerprint density at radius 3 is 1.20 bits per heavy atom. The third-order valence-corrected chi connectivity index (χ3v) is 16.7. The summed E-state index contributed by atoms with van der Waals surface area (Å²) in [5.74, 6) is -0.452. The number of unbranched alkanes of at least 4 members (excludes halogenated alkanes) is 6. The second-order valence-corrected chi connectivity index (χ2v) is 22.5. The number of hydrogen-bond acceptors (Lipinski definition) is 14. The Kier molecular flexibility index (Phi) is 30.2. The number of benzene rings is 2. The normalized spacial score (nSPS) is 17.0. The van der Waals surface area contributed by atoms with E-state index in [0.29, 0.717) is 110 Å². The number of para-hydroxylation sites is 2. The minimum atomic E-state index is -3.35. The molecular weight excluding hydrogens is 986 g/mol.